The van der Waals surface area contributed by atoms with Crippen molar-refractivity contribution in [3.63, 3.8) is 0 Å². The second kappa shape index (κ2) is 11.7. The first-order chi connectivity index (χ1) is 15.5. The van der Waals surface area contributed by atoms with E-state index in [4.69, 9.17) is 9.15 Å². The van der Waals surface area contributed by atoms with Gasteiger partial charge < -0.3 is 24.3 Å². The molecule has 32 heavy (non-hydrogen) atoms. The van der Waals surface area contributed by atoms with Gasteiger partial charge in [-0.05, 0) is 42.3 Å². The quantitative estimate of drug-likeness (QED) is 0.515. The highest BCUT2D eigenvalue weighted by Gasteiger charge is 2.22. The Morgan fingerprint density at radius 3 is 2.47 bits per heavy atom. The number of rotatable bonds is 10. The van der Waals surface area contributed by atoms with Crippen molar-refractivity contribution in [1.82, 2.24) is 9.80 Å². The number of hydrogen-bond acceptors (Lipinski definition) is 4. The number of carbonyl (C=O) groups is 2. The highest BCUT2D eigenvalue weighted by atomic mass is 16.5. The molecule has 0 saturated carbocycles. The summed E-state index contributed by atoms with van der Waals surface area (Å²) in [6.07, 6.45) is 1.58. The molecule has 3 rings (SSSR count). The molecule has 0 aliphatic carbocycles. The molecule has 1 heterocycles. The summed E-state index contributed by atoms with van der Waals surface area (Å²) in [6.45, 7) is 3.23. The van der Waals surface area contributed by atoms with E-state index < -0.39 is 0 Å². The monoisotopic (exact) mass is 435 g/mol. The number of aryl methyl sites for hydroxylation is 1. The van der Waals surface area contributed by atoms with E-state index in [1.807, 2.05) is 67.6 Å². The number of amides is 3. The predicted molar refractivity (Wildman–Crippen MR) is 123 cm³/mol. The van der Waals surface area contributed by atoms with Gasteiger partial charge in [-0.15, -0.1) is 0 Å². The summed E-state index contributed by atoms with van der Waals surface area (Å²) in [5.41, 5.74) is 2.72. The minimum atomic E-state index is -0.348. The van der Waals surface area contributed by atoms with Gasteiger partial charge in [-0.1, -0.05) is 42.5 Å². The van der Waals surface area contributed by atoms with E-state index in [1.54, 1.807) is 24.3 Å². The number of furan rings is 1. The summed E-state index contributed by atoms with van der Waals surface area (Å²) in [5, 5.41) is 2.87. The van der Waals surface area contributed by atoms with Crippen LogP contribution in [0.4, 0.5) is 10.5 Å². The molecule has 0 atom stereocenters. The summed E-state index contributed by atoms with van der Waals surface area (Å²) in [5.74, 6) is 0.502. The maximum Gasteiger partial charge on any atom is 0.322 e. The summed E-state index contributed by atoms with van der Waals surface area (Å²) in [7, 11) is 1.57. The minimum absolute atomic E-state index is 0.0749. The Morgan fingerprint density at radius 2 is 1.78 bits per heavy atom. The van der Waals surface area contributed by atoms with Gasteiger partial charge in [-0.2, -0.15) is 0 Å². The van der Waals surface area contributed by atoms with Crippen molar-refractivity contribution in [2.45, 2.75) is 20.0 Å². The number of methoxy groups -OCH3 is 1. The Bertz CT molecular complexity index is 989. The number of nitrogens with one attached hydrogen (secondary N) is 1. The molecule has 1 N–H and O–H groups in total. The minimum Gasteiger partial charge on any atom is -0.467 e. The summed E-state index contributed by atoms with van der Waals surface area (Å²) in [6, 6.07) is 20.6. The Kier molecular flexibility index (Phi) is 8.45. The fourth-order valence-corrected chi connectivity index (χ4v) is 3.27. The molecule has 168 valence electrons. The number of ether oxygens (including phenoxy) is 1. The summed E-state index contributed by atoms with van der Waals surface area (Å²) < 4.78 is 10.6. The van der Waals surface area contributed by atoms with Crippen LogP contribution in [-0.2, 0) is 22.6 Å². The van der Waals surface area contributed by atoms with Crippen molar-refractivity contribution in [3.05, 3.63) is 89.9 Å². The van der Waals surface area contributed by atoms with Gasteiger partial charge in [0.15, 0.2) is 0 Å². The van der Waals surface area contributed by atoms with Crippen molar-refractivity contribution in [3.8, 4) is 0 Å². The molecule has 1 aromatic heterocycles. The maximum atomic E-state index is 13.3. The van der Waals surface area contributed by atoms with Crippen LogP contribution in [0.1, 0.15) is 16.9 Å². The zero-order chi connectivity index (χ0) is 22.8. The molecule has 7 nitrogen and oxygen atoms in total. The molecular formula is C25H29N3O4. The first kappa shape index (κ1) is 23.1. The van der Waals surface area contributed by atoms with Gasteiger partial charge in [0.05, 0.1) is 19.4 Å². The van der Waals surface area contributed by atoms with E-state index >= 15 is 0 Å². The molecule has 3 amide bonds. The van der Waals surface area contributed by atoms with Gasteiger partial charge in [0.25, 0.3) is 0 Å². The second-order valence-corrected chi connectivity index (χ2v) is 7.53. The number of anilines is 1. The lowest BCUT2D eigenvalue weighted by molar-refractivity contribution is -0.133. The summed E-state index contributed by atoms with van der Waals surface area (Å²) >= 11 is 0. The molecule has 0 aliphatic rings. The first-order valence-electron chi connectivity index (χ1n) is 10.5. The van der Waals surface area contributed by atoms with Crippen LogP contribution >= 0.6 is 0 Å². The smallest absolute Gasteiger partial charge is 0.322 e. The highest BCUT2D eigenvalue weighted by Crippen LogP contribution is 2.13. The van der Waals surface area contributed by atoms with Gasteiger partial charge in [0, 0.05) is 25.9 Å². The third-order valence-electron chi connectivity index (χ3n) is 4.94. The number of carbonyl (C=O) groups excluding carboxylic acids is 2. The molecule has 2 aromatic carbocycles. The normalized spacial score (nSPS) is 10.6. The van der Waals surface area contributed by atoms with Crippen LogP contribution in [0, 0.1) is 6.92 Å². The zero-order valence-corrected chi connectivity index (χ0v) is 18.5. The van der Waals surface area contributed by atoms with E-state index in [0.717, 1.165) is 11.1 Å². The van der Waals surface area contributed by atoms with Gasteiger partial charge in [-0.3, -0.25) is 4.79 Å². The second-order valence-electron chi connectivity index (χ2n) is 7.53. The lowest BCUT2D eigenvalue weighted by atomic mass is 10.2. The van der Waals surface area contributed by atoms with Crippen molar-refractivity contribution >= 4 is 17.6 Å². The number of urea groups is 1. The van der Waals surface area contributed by atoms with Gasteiger partial charge in [0.1, 0.15) is 12.3 Å². The molecule has 0 bridgehead atoms. The molecule has 0 saturated heterocycles. The van der Waals surface area contributed by atoms with Crippen LogP contribution in [0.2, 0.25) is 0 Å². The Balaban J connectivity index is 1.73. The topological polar surface area (TPSA) is 75.0 Å². The number of benzene rings is 2. The Morgan fingerprint density at radius 1 is 0.969 bits per heavy atom. The molecular weight excluding hydrogens is 406 g/mol. The van der Waals surface area contributed by atoms with E-state index in [0.29, 0.717) is 37.7 Å². The van der Waals surface area contributed by atoms with Crippen LogP contribution in [0.25, 0.3) is 0 Å². The van der Waals surface area contributed by atoms with E-state index in [2.05, 4.69) is 5.32 Å². The zero-order valence-electron chi connectivity index (χ0n) is 18.5. The largest absolute Gasteiger partial charge is 0.467 e. The third-order valence-corrected chi connectivity index (χ3v) is 4.94. The molecule has 0 spiro atoms. The van der Waals surface area contributed by atoms with Crippen molar-refractivity contribution in [1.29, 1.82) is 0 Å². The van der Waals surface area contributed by atoms with E-state index in [9.17, 15) is 9.59 Å². The van der Waals surface area contributed by atoms with Crippen LogP contribution in [0.5, 0.6) is 0 Å². The lowest BCUT2D eigenvalue weighted by Crippen LogP contribution is -2.45. The maximum absolute atomic E-state index is 13.3. The fraction of sp³-hybridized carbons (Fsp3) is 0.280. The Labute approximate surface area is 188 Å². The van der Waals surface area contributed by atoms with Crippen LogP contribution < -0.4 is 5.32 Å². The average molecular weight is 436 g/mol. The van der Waals surface area contributed by atoms with E-state index in [-0.39, 0.29) is 18.5 Å². The molecule has 0 aliphatic heterocycles. The van der Waals surface area contributed by atoms with Crippen LogP contribution in [0.3, 0.4) is 0 Å². The van der Waals surface area contributed by atoms with Crippen LogP contribution in [-0.4, -0.2) is 48.5 Å². The Hall–Kier alpha value is -3.58. The van der Waals surface area contributed by atoms with Gasteiger partial charge in [0.2, 0.25) is 5.91 Å². The van der Waals surface area contributed by atoms with Gasteiger partial charge >= 0.3 is 6.03 Å². The van der Waals surface area contributed by atoms with Crippen molar-refractivity contribution in [2.75, 3.05) is 32.1 Å². The SMILES string of the molecule is COCCN(CC(=O)N(Cc1ccccc1)Cc1ccco1)C(=O)Nc1cccc(C)c1. The summed E-state index contributed by atoms with van der Waals surface area (Å²) in [4.78, 5) is 29.4. The molecule has 3 aromatic rings. The first-order valence-corrected chi connectivity index (χ1v) is 10.5. The number of hydrogen-bond donors (Lipinski definition) is 1. The highest BCUT2D eigenvalue weighted by molar-refractivity contribution is 5.92. The average Bonchev–Trinajstić information content (AvgIpc) is 3.30. The third kappa shape index (κ3) is 6.99. The van der Waals surface area contributed by atoms with Crippen LogP contribution in [0.15, 0.2) is 77.4 Å². The fourth-order valence-electron chi connectivity index (χ4n) is 3.27. The van der Waals surface area contributed by atoms with E-state index in [1.165, 1.54) is 4.90 Å². The van der Waals surface area contributed by atoms with Crippen molar-refractivity contribution in [2.24, 2.45) is 0 Å². The molecule has 0 fully saturated rings. The molecule has 0 unspecified atom stereocenters. The van der Waals surface area contributed by atoms with Crippen molar-refractivity contribution < 1.29 is 18.7 Å². The van der Waals surface area contributed by atoms with Gasteiger partial charge in [-0.25, -0.2) is 4.79 Å². The molecule has 0 radical (unpaired) electrons. The number of nitrogens with zero attached hydrogens (tertiary/aromatic N) is 2. The molecule has 7 heteroatoms. The standard InChI is InChI=1S/C25H29N3O4/c1-20-8-6-11-22(16-20)26-25(30)27(13-15-31-2)19-24(29)28(18-23-12-7-14-32-23)17-21-9-4-3-5-10-21/h3-12,14,16H,13,15,17-19H2,1-2H3,(H,26,30). The lowest BCUT2D eigenvalue weighted by Gasteiger charge is -2.27. The predicted octanol–water partition coefficient (Wildman–Crippen LogP) is 4.30.